The van der Waals surface area contributed by atoms with E-state index in [1.54, 1.807) is 0 Å². The van der Waals surface area contributed by atoms with Crippen LogP contribution in [0.4, 0.5) is 0 Å². The van der Waals surface area contributed by atoms with Crippen LogP contribution in [0.15, 0.2) is 52.9 Å². The Balaban J connectivity index is 1.48. The lowest BCUT2D eigenvalue weighted by Gasteiger charge is -2.32. The minimum atomic E-state index is -0.952. The van der Waals surface area contributed by atoms with Crippen molar-refractivity contribution in [3.63, 3.8) is 0 Å². The fourth-order valence-corrected chi connectivity index (χ4v) is 4.26. The van der Waals surface area contributed by atoms with Crippen LogP contribution < -0.4 is 4.74 Å². The summed E-state index contributed by atoms with van der Waals surface area (Å²) in [6.45, 7) is 8.22. The Morgan fingerprint density at radius 3 is 2.62 bits per heavy atom. The van der Waals surface area contributed by atoms with Gasteiger partial charge in [0.05, 0.1) is 5.41 Å². The van der Waals surface area contributed by atoms with Crippen molar-refractivity contribution in [2.24, 2.45) is 0 Å². The third-order valence-electron chi connectivity index (χ3n) is 6.46. The van der Waals surface area contributed by atoms with Crippen LogP contribution >= 0.6 is 0 Å². The average molecular weight is 463 g/mol. The van der Waals surface area contributed by atoms with Crippen LogP contribution in [-0.2, 0) is 21.6 Å². The van der Waals surface area contributed by atoms with Gasteiger partial charge in [-0.1, -0.05) is 29.8 Å². The molecule has 2 heterocycles. The minimum Gasteiger partial charge on any atom is -0.487 e. The molecular formula is C27H30N2O5. The zero-order chi connectivity index (χ0) is 24.5. The zero-order valence-corrected chi connectivity index (χ0v) is 20.0. The smallest absolute Gasteiger partial charge is 0.326 e. The van der Waals surface area contributed by atoms with Gasteiger partial charge in [0.2, 0.25) is 11.8 Å². The molecule has 0 spiro atoms. The molecule has 1 aromatic heterocycles. The lowest BCUT2D eigenvalue weighted by molar-refractivity contribution is -0.150. The molecule has 1 N–H and O–H groups in total. The number of oxazole rings is 1. The standard InChI is InChI=1S/C27H30N2O5/c1-17-10-12-19(13-11-17)24-28-22(18(2)34-24)16-33-21-8-5-7-20(15-21)27(3,4)26(32)29-14-6-9-23(29)25(30)31/h5,7-8,10-13,15,23H,6,9,14,16H2,1-4H3,(H,30,31)/t23-/m1/s1. The number of carboxylic acid groups (broad SMARTS) is 1. The van der Waals surface area contributed by atoms with E-state index in [2.05, 4.69) is 4.98 Å². The van der Waals surface area contributed by atoms with Gasteiger partial charge in [-0.2, -0.15) is 0 Å². The van der Waals surface area contributed by atoms with E-state index in [1.165, 1.54) is 10.5 Å². The highest BCUT2D eigenvalue weighted by Gasteiger charge is 2.41. The first-order valence-corrected chi connectivity index (χ1v) is 11.5. The van der Waals surface area contributed by atoms with Crippen LogP contribution in [0.25, 0.3) is 11.5 Å². The second kappa shape index (κ2) is 9.33. The minimum absolute atomic E-state index is 0.190. The Labute approximate surface area is 199 Å². The number of ether oxygens (including phenoxy) is 1. The fraction of sp³-hybridized carbons (Fsp3) is 0.370. The molecule has 1 fully saturated rings. The van der Waals surface area contributed by atoms with Gasteiger partial charge < -0.3 is 19.2 Å². The van der Waals surface area contributed by atoms with Crippen LogP contribution in [0, 0.1) is 13.8 Å². The van der Waals surface area contributed by atoms with Gasteiger partial charge in [0.15, 0.2) is 0 Å². The van der Waals surface area contributed by atoms with Crippen molar-refractivity contribution < 1.29 is 23.8 Å². The Hall–Kier alpha value is -3.61. The van der Waals surface area contributed by atoms with E-state index in [0.717, 1.165) is 11.1 Å². The summed E-state index contributed by atoms with van der Waals surface area (Å²) >= 11 is 0. The van der Waals surface area contributed by atoms with Crippen LogP contribution in [0.5, 0.6) is 5.75 Å². The molecule has 1 aliphatic heterocycles. The highest BCUT2D eigenvalue weighted by atomic mass is 16.5. The summed E-state index contributed by atoms with van der Waals surface area (Å²) in [7, 11) is 0. The van der Waals surface area contributed by atoms with E-state index in [0.29, 0.717) is 42.5 Å². The van der Waals surface area contributed by atoms with E-state index >= 15 is 0 Å². The van der Waals surface area contributed by atoms with Gasteiger partial charge >= 0.3 is 5.97 Å². The highest BCUT2D eigenvalue weighted by Crippen LogP contribution is 2.32. The second-order valence-corrected chi connectivity index (χ2v) is 9.32. The summed E-state index contributed by atoms with van der Waals surface area (Å²) < 4.78 is 11.8. The van der Waals surface area contributed by atoms with Crippen molar-refractivity contribution in [3.8, 4) is 17.2 Å². The molecule has 1 amide bonds. The molecule has 0 saturated carbocycles. The maximum Gasteiger partial charge on any atom is 0.326 e. The summed E-state index contributed by atoms with van der Waals surface area (Å²) in [6.07, 6.45) is 1.19. The Morgan fingerprint density at radius 2 is 1.91 bits per heavy atom. The number of benzene rings is 2. The van der Waals surface area contributed by atoms with E-state index in [4.69, 9.17) is 9.15 Å². The van der Waals surface area contributed by atoms with Gasteiger partial charge in [0.25, 0.3) is 0 Å². The third kappa shape index (κ3) is 4.69. The second-order valence-electron chi connectivity index (χ2n) is 9.32. The average Bonchev–Trinajstić information content (AvgIpc) is 3.45. The highest BCUT2D eigenvalue weighted by molar-refractivity contribution is 5.91. The summed E-state index contributed by atoms with van der Waals surface area (Å²) in [4.78, 5) is 30.9. The van der Waals surface area contributed by atoms with Gasteiger partial charge in [-0.15, -0.1) is 0 Å². The number of aliphatic carboxylic acids is 1. The molecule has 0 aliphatic carbocycles. The molecule has 7 nitrogen and oxygen atoms in total. The van der Waals surface area contributed by atoms with Gasteiger partial charge in [0, 0.05) is 12.1 Å². The van der Waals surface area contributed by atoms with Crippen LogP contribution in [0.2, 0.25) is 0 Å². The summed E-state index contributed by atoms with van der Waals surface area (Å²) in [5.74, 6) is 0.705. The van der Waals surface area contributed by atoms with Crippen molar-refractivity contribution in [2.75, 3.05) is 6.54 Å². The normalized spacial score (nSPS) is 16.0. The molecule has 178 valence electrons. The number of aryl methyl sites for hydroxylation is 2. The fourth-order valence-electron chi connectivity index (χ4n) is 4.26. The Morgan fingerprint density at radius 1 is 1.18 bits per heavy atom. The first-order valence-electron chi connectivity index (χ1n) is 11.5. The predicted octanol–water partition coefficient (Wildman–Crippen LogP) is 4.89. The molecule has 0 bridgehead atoms. The van der Waals surface area contributed by atoms with E-state index in [9.17, 15) is 14.7 Å². The molecule has 1 atom stereocenters. The van der Waals surface area contributed by atoms with E-state index in [1.807, 2.05) is 76.2 Å². The maximum atomic E-state index is 13.3. The molecule has 0 unspecified atom stereocenters. The first kappa shape index (κ1) is 23.5. The van der Waals surface area contributed by atoms with E-state index in [-0.39, 0.29) is 12.5 Å². The van der Waals surface area contributed by atoms with Crippen molar-refractivity contribution in [1.29, 1.82) is 0 Å². The molecular weight excluding hydrogens is 432 g/mol. The zero-order valence-electron chi connectivity index (χ0n) is 20.0. The molecule has 4 rings (SSSR count). The van der Waals surface area contributed by atoms with Gasteiger partial charge in [-0.25, -0.2) is 9.78 Å². The molecule has 2 aromatic carbocycles. The number of nitrogens with zero attached hydrogens (tertiary/aromatic N) is 2. The lowest BCUT2D eigenvalue weighted by atomic mass is 9.83. The number of rotatable bonds is 7. The molecule has 3 aromatic rings. The molecule has 1 saturated heterocycles. The number of carbonyl (C=O) groups is 2. The number of likely N-dealkylation sites (tertiary alicyclic amines) is 1. The topological polar surface area (TPSA) is 92.9 Å². The molecule has 34 heavy (non-hydrogen) atoms. The first-order chi connectivity index (χ1) is 16.2. The number of aromatic nitrogens is 1. The number of carbonyl (C=O) groups excluding carboxylic acids is 1. The van der Waals surface area contributed by atoms with Gasteiger partial charge in [-0.3, -0.25) is 4.79 Å². The summed E-state index contributed by atoms with van der Waals surface area (Å²) in [5.41, 5.74) is 2.66. The molecule has 1 aliphatic rings. The summed E-state index contributed by atoms with van der Waals surface area (Å²) in [6, 6.07) is 14.6. The number of hydrogen-bond acceptors (Lipinski definition) is 5. The van der Waals surface area contributed by atoms with Crippen LogP contribution in [-0.4, -0.2) is 39.5 Å². The van der Waals surface area contributed by atoms with Crippen LogP contribution in [0.1, 0.15) is 49.3 Å². The number of amides is 1. The van der Waals surface area contributed by atoms with Crippen molar-refractivity contribution in [1.82, 2.24) is 9.88 Å². The molecule has 0 radical (unpaired) electrons. The number of carboxylic acids is 1. The maximum absolute atomic E-state index is 13.3. The van der Waals surface area contributed by atoms with Gasteiger partial charge in [0.1, 0.15) is 29.9 Å². The Kier molecular flexibility index (Phi) is 6.46. The van der Waals surface area contributed by atoms with Crippen molar-refractivity contribution >= 4 is 11.9 Å². The third-order valence-corrected chi connectivity index (χ3v) is 6.46. The van der Waals surface area contributed by atoms with Crippen molar-refractivity contribution in [3.05, 3.63) is 71.1 Å². The Bertz CT molecular complexity index is 1200. The van der Waals surface area contributed by atoms with Crippen molar-refractivity contribution in [2.45, 2.75) is 58.6 Å². The quantitative estimate of drug-likeness (QED) is 0.537. The summed E-state index contributed by atoms with van der Waals surface area (Å²) in [5, 5.41) is 9.47. The van der Waals surface area contributed by atoms with Gasteiger partial charge in [-0.05, 0) is 70.4 Å². The monoisotopic (exact) mass is 462 g/mol. The molecule has 7 heteroatoms. The van der Waals surface area contributed by atoms with E-state index < -0.39 is 17.4 Å². The number of hydrogen-bond donors (Lipinski definition) is 1. The largest absolute Gasteiger partial charge is 0.487 e. The predicted molar refractivity (Wildman–Crippen MR) is 128 cm³/mol. The SMILES string of the molecule is Cc1ccc(-c2nc(COc3cccc(C(C)(C)C(=O)N4CCC[C@@H]4C(=O)O)c3)c(C)o2)cc1. The lowest BCUT2D eigenvalue weighted by Crippen LogP contribution is -2.48. The van der Waals surface area contributed by atoms with Crippen LogP contribution in [0.3, 0.4) is 0 Å².